The standard InChI is InChI=1S/C15H22N4/c1-19(12-6-4-2-3-5-7-12)15-9-14-11(8-13(15)16)10-17-18-14/h8-10,12H,2-7,16H2,1H3,(H,17,18). The molecule has 1 aliphatic rings. The van der Waals surface area contributed by atoms with Crippen LogP contribution in [0.25, 0.3) is 10.9 Å². The summed E-state index contributed by atoms with van der Waals surface area (Å²) in [5.41, 5.74) is 9.25. The number of anilines is 2. The van der Waals surface area contributed by atoms with Crippen LogP contribution >= 0.6 is 0 Å². The molecule has 1 aromatic carbocycles. The lowest BCUT2D eigenvalue weighted by atomic mass is 10.1. The first-order chi connectivity index (χ1) is 9.25. The number of H-pyrrole nitrogens is 1. The number of aromatic amines is 1. The Labute approximate surface area is 114 Å². The van der Waals surface area contributed by atoms with Gasteiger partial charge in [-0.1, -0.05) is 25.7 Å². The van der Waals surface area contributed by atoms with Crippen molar-refractivity contribution in [3.8, 4) is 0 Å². The van der Waals surface area contributed by atoms with E-state index in [1.165, 1.54) is 38.5 Å². The highest BCUT2D eigenvalue weighted by atomic mass is 15.1. The van der Waals surface area contributed by atoms with Gasteiger partial charge in [0.25, 0.3) is 0 Å². The number of nitrogens with zero attached hydrogens (tertiary/aromatic N) is 2. The van der Waals surface area contributed by atoms with Crippen molar-refractivity contribution in [2.45, 2.75) is 44.6 Å². The molecule has 1 fully saturated rings. The summed E-state index contributed by atoms with van der Waals surface area (Å²) in [6.45, 7) is 0. The van der Waals surface area contributed by atoms with Gasteiger partial charge in [-0.2, -0.15) is 5.10 Å². The molecule has 0 bridgehead atoms. The molecule has 102 valence electrons. The summed E-state index contributed by atoms with van der Waals surface area (Å²) in [7, 11) is 2.17. The van der Waals surface area contributed by atoms with E-state index in [-0.39, 0.29) is 0 Å². The molecule has 3 N–H and O–H groups in total. The van der Waals surface area contributed by atoms with E-state index < -0.39 is 0 Å². The Morgan fingerprint density at radius 1 is 1.21 bits per heavy atom. The number of hydrogen-bond donors (Lipinski definition) is 2. The molecule has 0 saturated heterocycles. The molecule has 0 radical (unpaired) electrons. The first-order valence-electron chi connectivity index (χ1n) is 7.21. The number of nitrogens with one attached hydrogen (secondary N) is 1. The van der Waals surface area contributed by atoms with Crippen molar-refractivity contribution < 1.29 is 0 Å². The van der Waals surface area contributed by atoms with E-state index in [1.54, 1.807) is 0 Å². The fourth-order valence-electron chi connectivity index (χ4n) is 3.14. The quantitative estimate of drug-likeness (QED) is 0.642. The van der Waals surface area contributed by atoms with Gasteiger partial charge in [-0.15, -0.1) is 0 Å². The number of fused-ring (bicyclic) bond motifs is 1. The van der Waals surface area contributed by atoms with Crippen molar-refractivity contribution in [3.05, 3.63) is 18.3 Å². The lowest BCUT2D eigenvalue weighted by Gasteiger charge is -2.30. The molecular formula is C15H22N4. The van der Waals surface area contributed by atoms with Crippen LogP contribution in [-0.4, -0.2) is 23.3 Å². The predicted molar refractivity (Wildman–Crippen MR) is 80.4 cm³/mol. The monoisotopic (exact) mass is 258 g/mol. The Balaban J connectivity index is 1.90. The number of nitrogens with two attached hydrogens (primary N) is 1. The third-order valence-electron chi connectivity index (χ3n) is 4.34. The molecule has 0 aliphatic heterocycles. The van der Waals surface area contributed by atoms with E-state index in [4.69, 9.17) is 5.73 Å². The van der Waals surface area contributed by atoms with Gasteiger partial charge in [-0.05, 0) is 25.0 Å². The van der Waals surface area contributed by atoms with E-state index in [0.717, 1.165) is 22.3 Å². The minimum absolute atomic E-state index is 0.616. The molecule has 0 unspecified atom stereocenters. The summed E-state index contributed by atoms with van der Waals surface area (Å²) in [6, 6.07) is 4.76. The zero-order chi connectivity index (χ0) is 13.2. The summed E-state index contributed by atoms with van der Waals surface area (Å²) < 4.78 is 0. The van der Waals surface area contributed by atoms with Crippen LogP contribution in [0.5, 0.6) is 0 Å². The minimum atomic E-state index is 0.616. The van der Waals surface area contributed by atoms with E-state index in [0.29, 0.717) is 6.04 Å². The van der Waals surface area contributed by atoms with Crippen LogP contribution < -0.4 is 10.6 Å². The van der Waals surface area contributed by atoms with E-state index >= 15 is 0 Å². The lowest BCUT2D eigenvalue weighted by Crippen LogP contribution is -2.31. The summed E-state index contributed by atoms with van der Waals surface area (Å²) in [5, 5.41) is 8.18. The molecule has 4 nitrogen and oxygen atoms in total. The number of hydrogen-bond acceptors (Lipinski definition) is 3. The largest absolute Gasteiger partial charge is 0.397 e. The first kappa shape index (κ1) is 12.3. The van der Waals surface area contributed by atoms with Crippen molar-refractivity contribution in [3.63, 3.8) is 0 Å². The maximum Gasteiger partial charge on any atom is 0.0672 e. The van der Waals surface area contributed by atoms with Crippen molar-refractivity contribution in [2.24, 2.45) is 0 Å². The second kappa shape index (κ2) is 5.11. The Hall–Kier alpha value is -1.71. The topological polar surface area (TPSA) is 57.9 Å². The number of benzene rings is 1. The third-order valence-corrected chi connectivity index (χ3v) is 4.34. The molecule has 1 heterocycles. The molecule has 0 amide bonds. The summed E-state index contributed by atoms with van der Waals surface area (Å²) in [6.07, 6.45) is 9.79. The van der Waals surface area contributed by atoms with Gasteiger partial charge in [0.05, 0.1) is 23.1 Å². The fraction of sp³-hybridized carbons (Fsp3) is 0.533. The average molecular weight is 258 g/mol. The Kier molecular flexibility index (Phi) is 3.32. The highest BCUT2D eigenvalue weighted by molar-refractivity contribution is 5.88. The van der Waals surface area contributed by atoms with Crippen molar-refractivity contribution in [1.29, 1.82) is 0 Å². The van der Waals surface area contributed by atoms with Crippen LogP contribution in [0.3, 0.4) is 0 Å². The summed E-state index contributed by atoms with van der Waals surface area (Å²) in [5.74, 6) is 0. The maximum absolute atomic E-state index is 6.21. The smallest absolute Gasteiger partial charge is 0.0672 e. The zero-order valence-corrected chi connectivity index (χ0v) is 11.5. The zero-order valence-electron chi connectivity index (χ0n) is 11.5. The number of aromatic nitrogens is 2. The second-order valence-corrected chi connectivity index (χ2v) is 5.62. The SMILES string of the molecule is CN(c1cc2[nH]ncc2cc1N)C1CCCCCC1. The molecule has 2 aromatic rings. The molecule has 0 atom stereocenters. The normalized spacial score (nSPS) is 17.5. The predicted octanol–water partition coefficient (Wildman–Crippen LogP) is 3.30. The number of rotatable bonds is 2. The fourth-order valence-corrected chi connectivity index (χ4v) is 3.14. The third kappa shape index (κ3) is 2.39. The van der Waals surface area contributed by atoms with Gasteiger partial charge in [0.2, 0.25) is 0 Å². The Bertz CT molecular complexity index is 552. The number of nitrogen functional groups attached to an aromatic ring is 1. The molecule has 19 heavy (non-hydrogen) atoms. The molecule has 0 spiro atoms. The van der Waals surface area contributed by atoms with Crippen LogP contribution in [0.4, 0.5) is 11.4 Å². The van der Waals surface area contributed by atoms with Gasteiger partial charge < -0.3 is 10.6 Å². The van der Waals surface area contributed by atoms with Gasteiger partial charge in [0, 0.05) is 18.5 Å². The molecule has 4 heteroatoms. The van der Waals surface area contributed by atoms with Gasteiger partial charge in [0.1, 0.15) is 0 Å². The average Bonchev–Trinajstić information content (AvgIpc) is 2.69. The van der Waals surface area contributed by atoms with E-state index in [1.807, 2.05) is 12.3 Å². The van der Waals surface area contributed by atoms with Crippen LogP contribution in [0.1, 0.15) is 38.5 Å². The van der Waals surface area contributed by atoms with Crippen LogP contribution in [0.2, 0.25) is 0 Å². The Morgan fingerprint density at radius 3 is 2.68 bits per heavy atom. The lowest BCUT2D eigenvalue weighted by molar-refractivity contribution is 0.553. The minimum Gasteiger partial charge on any atom is -0.397 e. The van der Waals surface area contributed by atoms with Crippen LogP contribution in [0.15, 0.2) is 18.3 Å². The summed E-state index contributed by atoms with van der Waals surface area (Å²) in [4.78, 5) is 2.36. The van der Waals surface area contributed by atoms with Gasteiger partial charge in [0.15, 0.2) is 0 Å². The van der Waals surface area contributed by atoms with Crippen molar-refractivity contribution in [1.82, 2.24) is 10.2 Å². The highest BCUT2D eigenvalue weighted by Gasteiger charge is 2.19. The maximum atomic E-state index is 6.21. The van der Waals surface area contributed by atoms with Crippen molar-refractivity contribution >= 4 is 22.3 Å². The van der Waals surface area contributed by atoms with E-state index in [2.05, 4.69) is 28.2 Å². The molecule has 1 saturated carbocycles. The molecular weight excluding hydrogens is 236 g/mol. The van der Waals surface area contributed by atoms with Gasteiger partial charge >= 0.3 is 0 Å². The Morgan fingerprint density at radius 2 is 1.95 bits per heavy atom. The highest BCUT2D eigenvalue weighted by Crippen LogP contribution is 2.31. The van der Waals surface area contributed by atoms with Gasteiger partial charge in [-0.3, -0.25) is 5.10 Å². The molecule has 1 aliphatic carbocycles. The van der Waals surface area contributed by atoms with Crippen LogP contribution in [0, 0.1) is 0 Å². The van der Waals surface area contributed by atoms with E-state index in [9.17, 15) is 0 Å². The molecule has 1 aromatic heterocycles. The van der Waals surface area contributed by atoms with Gasteiger partial charge in [-0.25, -0.2) is 0 Å². The molecule has 3 rings (SSSR count). The first-order valence-corrected chi connectivity index (χ1v) is 7.21. The van der Waals surface area contributed by atoms with Crippen LogP contribution in [-0.2, 0) is 0 Å². The summed E-state index contributed by atoms with van der Waals surface area (Å²) >= 11 is 0. The second-order valence-electron chi connectivity index (χ2n) is 5.62. The van der Waals surface area contributed by atoms with Crippen molar-refractivity contribution in [2.75, 3.05) is 17.7 Å².